The second kappa shape index (κ2) is 7.00. The standard InChI is InChI=1S/C16H27NO4/c1-16(2,3)13(17)9-11(18)10-7-8-12(19-4)15(21-6)14(10)20-5/h7-8,11,13,18H,9,17H2,1-6H3/t11-,13-/m0/s1. The van der Waals surface area contributed by atoms with Gasteiger partial charge in [0.05, 0.1) is 27.4 Å². The Hall–Kier alpha value is -1.46. The van der Waals surface area contributed by atoms with E-state index in [1.807, 2.05) is 0 Å². The van der Waals surface area contributed by atoms with Gasteiger partial charge in [-0.2, -0.15) is 0 Å². The van der Waals surface area contributed by atoms with Gasteiger partial charge in [0.25, 0.3) is 0 Å². The zero-order valence-corrected chi connectivity index (χ0v) is 13.8. The van der Waals surface area contributed by atoms with Gasteiger partial charge in [0.2, 0.25) is 5.75 Å². The first-order chi connectivity index (χ1) is 9.76. The summed E-state index contributed by atoms with van der Waals surface area (Å²) < 4.78 is 16.0. The Labute approximate surface area is 127 Å². The van der Waals surface area contributed by atoms with E-state index in [0.29, 0.717) is 29.2 Å². The van der Waals surface area contributed by atoms with Crippen LogP contribution in [0.5, 0.6) is 17.2 Å². The topological polar surface area (TPSA) is 73.9 Å². The molecule has 1 rings (SSSR count). The van der Waals surface area contributed by atoms with Gasteiger partial charge in [0.15, 0.2) is 11.5 Å². The van der Waals surface area contributed by atoms with Crippen LogP contribution < -0.4 is 19.9 Å². The number of benzene rings is 1. The van der Waals surface area contributed by atoms with E-state index < -0.39 is 6.10 Å². The highest BCUT2D eigenvalue weighted by atomic mass is 16.5. The molecule has 21 heavy (non-hydrogen) atoms. The number of methoxy groups -OCH3 is 3. The number of hydrogen-bond acceptors (Lipinski definition) is 5. The highest BCUT2D eigenvalue weighted by Crippen LogP contribution is 2.43. The number of nitrogens with two attached hydrogens (primary N) is 1. The van der Waals surface area contributed by atoms with Crippen molar-refractivity contribution in [3.8, 4) is 17.2 Å². The van der Waals surface area contributed by atoms with Crippen LogP contribution in [0.2, 0.25) is 0 Å². The van der Waals surface area contributed by atoms with Gasteiger partial charge in [-0.1, -0.05) is 20.8 Å². The molecule has 0 bridgehead atoms. The highest BCUT2D eigenvalue weighted by Gasteiger charge is 2.27. The van der Waals surface area contributed by atoms with Crippen molar-refractivity contribution in [1.29, 1.82) is 0 Å². The fourth-order valence-electron chi connectivity index (χ4n) is 2.11. The summed E-state index contributed by atoms with van der Waals surface area (Å²) in [6.07, 6.45) is -0.288. The third-order valence-electron chi connectivity index (χ3n) is 3.68. The second-order valence-corrected chi connectivity index (χ2v) is 6.15. The van der Waals surface area contributed by atoms with E-state index in [2.05, 4.69) is 20.8 Å². The minimum absolute atomic E-state index is 0.0786. The lowest BCUT2D eigenvalue weighted by molar-refractivity contribution is 0.130. The number of ether oxygens (including phenoxy) is 3. The molecule has 0 aromatic heterocycles. The minimum Gasteiger partial charge on any atom is -0.493 e. The number of rotatable bonds is 6. The van der Waals surface area contributed by atoms with Crippen molar-refractivity contribution in [2.45, 2.75) is 39.3 Å². The molecule has 0 heterocycles. The van der Waals surface area contributed by atoms with Crippen LogP contribution in [-0.2, 0) is 0 Å². The maximum Gasteiger partial charge on any atom is 0.203 e. The first kappa shape index (κ1) is 17.6. The van der Waals surface area contributed by atoms with E-state index in [4.69, 9.17) is 19.9 Å². The van der Waals surface area contributed by atoms with E-state index >= 15 is 0 Å². The van der Waals surface area contributed by atoms with Crippen molar-refractivity contribution < 1.29 is 19.3 Å². The summed E-state index contributed by atoms with van der Waals surface area (Å²) in [4.78, 5) is 0. The van der Waals surface area contributed by atoms with E-state index in [1.54, 1.807) is 19.2 Å². The average molecular weight is 297 g/mol. The lowest BCUT2D eigenvalue weighted by atomic mass is 9.83. The van der Waals surface area contributed by atoms with E-state index in [0.717, 1.165) is 0 Å². The molecular weight excluding hydrogens is 270 g/mol. The predicted octanol–water partition coefficient (Wildman–Crippen LogP) is 2.51. The first-order valence-electron chi connectivity index (χ1n) is 6.98. The Morgan fingerprint density at radius 1 is 1.05 bits per heavy atom. The monoisotopic (exact) mass is 297 g/mol. The molecule has 0 fully saturated rings. The van der Waals surface area contributed by atoms with Crippen LogP contribution in [0.4, 0.5) is 0 Å². The molecule has 3 N–H and O–H groups in total. The SMILES string of the molecule is COc1ccc([C@@H](O)C[C@H](N)C(C)(C)C)c(OC)c1OC. The summed E-state index contributed by atoms with van der Waals surface area (Å²) in [5.74, 6) is 1.51. The molecule has 0 aliphatic heterocycles. The number of aliphatic hydroxyl groups excluding tert-OH is 1. The predicted molar refractivity (Wildman–Crippen MR) is 83.1 cm³/mol. The molecule has 0 saturated carbocycles. The highest BCUT2D eigenvalue weighted by molar-refractivity contribution is 5.56. The zero-order valence-electron chi connectivity index (χ0n) is 13.8. The average Bonchev–Trinajstić information content (AvgIpc) is 2.43. The summed E-state index contributed by atoms with van der Waals surface area (Å²) in [7, 11) is 4.64. The molecular formula is C16H27NO4. The largest absolute Gasteiger partial charge is 0.493 e. The lowest BCUT2D eigenvalue weighted by Gasteiger charge is -2.29. The minimum atomic E-state index is -0.728. The molecule has 1 aromatic carbocycles. The van der Waals surface area contributed by atoms with Gasteiger partial charge in [-0.05, 0) is 24.0 Å². The van der Waals surface area contributed by atoms with Crippen molar-refractivity contribution in [2.24, 2.45) is 11.1 Å². The van der Waals surface area contributed by atoms with E-state index in [-0.39, 0.29) is 11.5 Å². The summed E-state index contributed by atoms with van der Waals surface area (Å²) in [6, 6.07) is 3.40. The molecule has 5 heteroatoms. The Kier molecular flexibility index (Phi) is 5.87. The normalized spacial score (nSPS) is 14.5. The number of aliphatic hydroxyl groups is 1. The van der Waals surface area contributed by atoms with Crippen LogP contribution in [0.25, 0.3) is 0 Å². The molecule has 0 unspecified atom stereocenters. The van der Waals surface area contributed by atoms with Crippen molar-refractivity contribution >= 4 is 0 Å². The molecule has 2 atom stereocenters. The van der Waals surface area contributed by atoms with Gasteiger partial charge in [-0.25, -0.2) is 0 Å². The van der Waals surface area contributed by atoms with Crippen molar-refractivity contribution in [1.82, 2.24) is 0 Å². The van der Waals surface area contributed by atoms with Crippen molar-refractivity contribution in [2.75, 3.05) is 21.3 Å². The quantitative estimate of drug-likeness (QED) is 0.844. The van der Waals surface area contributed by atoms with Crippen LogP contribution in [-0.4, -0.2) is 32.5 Å². The van der Waals surface area contributed by atoms with Gasteiger partial charge >= 0.3 is 0 Å². The molecule has 0 amide bonds. The van der Waals surface area contributed by atoms with Crippen molar-refractivity contribution in [3.05, 3.63) is 17.7 Å². The Bertz CT molecular complexity index is 468. The fraction of sp³-hybridized carbons (Fsp3) is 0.625. The lowest BCUT2D eigenvalue weighted by Crippen LogP contribution is -2.36. The molecule has 0 aliphatic carbocycles. The third kappa shape index (κ3) is 4.02. The van der Waals surface area contributed by atoms with E-state index in [9.17, 15) is 5.11 Å². The molecule has 0 aliphatic rings. The molecule has 0 radical (unpaired) electrons. The Balaban J connectivity index is 3.12. The van der Waals surface area contributed by atoms with Gasteiger partial charge in [0.1, 0.15) is 0 Å². The van der Waals surface area contributed by atoms with Gasteiger partial charge in [-0.3, -0.25) is 0 Å². The summed E-state index contributed by atoms with van der Waals surface area (Å²) >= 11 is 0. The Morgan fingerprint density at radius 2 is 1.62 bits per heavy atom. The van der Waals surface area contributed by atoms with Crippen LogP contribution in [0.3, 0.4) is 0 Å². The third-order valence-corrected chi connectivity index (χ3v) is 3.68. The smallest absolute Gasteiger partial charge is 0.203 e. The van der Waals surface area contributed by atoms with Crippen LogP contribution in [0.15, 0.2) is 12.1 Å². The molecule has 0 saturated heterocycles. The second-order valence-electron chi connectivity index (χ2n) is 6.15. The summed E-state index contributed by atoms with van der Waals surface area (Å²) in [5.41, 5.74) is 6.72. The first-order valence-corrected chi connectivity index (χ1v) is 6.98. The summed E-state index contributed by atoms with van der Waals surface area (Å²) in [5, 5.41) is 10.5. The van der Waals surface area contributed by atoms with Crippen molar-refractivity contribution in [3.63, 3.8) is 0 Å². The van der Waals surface area contributed by atoms with Crippen LogP contribution in [0.1, 0.15) is 38.9 Å². The molecule has 0 spiro atoms. The maximum atomic E-state index is 10.5. The van der Waals surface area contributed by atoms with Crippen LogP contribution >= 0.6 is 0 Å². The molecule has 120 valence electrons. The zero-order chi connectivity index (χ0) is 16.2. The van der Waals surface area contributed by atoms with Gasteiger partial charge in [0, 0.05) is 11.6 Å². The van der Waals surface area contributed by atoms with E-state index in [1.165, 1.54) is 14.2 Å². The number of hydrogen-bond donors (Lipinski definition) is 2. The van der Waals surface area contributed by atoms with Gasteiger partial charge < -0.3 is 25.1 Å². The van der Waals surface area contributed by atoms with Gasteiger partial charge in [-0.15, -0.1) is 0 Å². The van der Waals surface area contributed by atoms with Crippen LogP contribution in [0, 0.1) is 5.41 Å². The summed E-state index contributed by atoms with van der Waals surface area (Å²) in [6.45, 7) is 6.16. The molecule has 5 nitrogen and oxygen atoms in total. The Morgan fingerprint density at radius 3 is 2.05 bits per heavy atom. The maximum absolute atomic E-state index is 10.5. The fourth-order valence-corrected chi connectivity index (χ4v) is 2.11. The molecule has 1 aromatic rings.